The number of hydrogen-bond donors (Lipinski definition) is 0. The predicted molar refractivity (Wildman–Crippen MR) is 74.8 cm³/mol. The standard InChI is InChI=1S/C14H21NO3S/c1-10-7-11(2)14(12(3)8-10)19(16,17)15-5-6-18-9-13(15)4/h7-8,13H,5-6,9H2,1-4H3. The smallest absolute Gasteiger partial charge is 0.243 e. The third kappa shape index (κ3) is 2.68. The van der Waals surface area contributed by atoms with Crippen molar-refractivity contribution in [2.24, 2.45) is 0 Å². The molecule has 0 aliphatic carbocycles. The summed E-state index contributed by atoms with van der Waals surface area (Å²) < 4.78 is 32.5. The maximum Gasteiger partial charge on any atom is 0.243 e. The molecule has 2 rings (SSSR count). The maximum absolute atomic E-state index is 12.8. The number of rotatable bonds is 2. The molecule has 106 valence electrons. The van der Waals surface area contributed by atoms with Crippen LogP contribution in [0.1, 0.15) is 23.6 Å². The van der Waals surface area contributed by atoms with Crippen molar-refractivity contribution in [2.75, 3.05) is 19.8 Å². The minimum atomic E-state index is -3.44. The molecule has 0 spiro atoms. The van der Waals surface area contributed by atoms with Gasteiger partial charge in [0.15, 0.2) is 0 Å². The first-order valence-electron chi connectivity index (χ1n) is 6.51. The zero-order valence-electron chi connectivity index (χ0n) is 11.9. The second-order valence-electron chi connectivity index (χ2n) is 5.27. The van der Waals surface area contributed by atoms with Crippen molar-refractivity contribution in [2.45, 2.75) is 38.6 Å². The molecular formula is C14H21NO3S. The molecule has 0 saturated carbocycles. The number of hydrogen-bond acceptors (Lipinski definition) is 3. The summed E-state index contributed by atoms with van der Waals surface area (Å²) in [6.07, 6.45) is 0. The zero-order chi connectivity index (χ0) is 14.2. The van der Waals surface area contributed by atoms with E-state index in [0.717, 1.165) is 16.7 Å². The molecule has 0 aromatic heterocycles. The molecule has 4 nitrogen and oxygen atoms in total. The van der Waals surface area contributed by atoms with E-state index in [2.05, 4.69) is 0 Å². The zero-order valence-corrected chi connectivity index (χ0v) is 12.8. The van der Waals surface area contributed by atoms with Crippen molar-refractivity contribution in [3.8, 4) is 0 Å². The van der Waals surface area contributed by atoms with Gasteiger partial charge in [0.25, 0.3) is 0 Å². The molecule has 0 amide bonds. The second-order valence-corrected chi connectivity index (χ2v) is 7.09. The van der Waals surface area contributed by atoms with Gasteiger partial charge in [0.05, 0.1) is 18.1 Å². The molecule has 1 fully saturated rings. The lowest BCUT2D eigenvalue weighted by Gasteiger charge is -2.33. The van der Waals surface area contributed by atoms with E-state index in [1.165, 1.54) is 0 Å². The van der Waals surface area contributed by atoms with Crippen LogP contribution in [0.2, 0.25) is 0 Å². The van der Waals surface area contributed by atoms with E-state index in [0.29, 0.717) is 24.7 Å². The maximum atomic E-state index is 12.8. The third-order valence-corrected chi connectivity index (χ3v) is 5.80. The van der Waals surface area contributed by atoms with Gasteiger partial charge in [-0.05, 0) is 38.8 Å². The van der Waals surface area contributed by atoms with E-state index in [1.54, 1.807) is 4.31 Å². The molecule has 1 aromatic carbocycles. The van der Waals surface area contributed by atoms with Crippen LogP contribution in [0, 0.1) is 20.8 Å². The lowest BCUT2D eigenvalue weighted by molar-refractivity contribution is 0.0392. The summed E-state index contributed by atoms with van der Waals surface area (Å²) in [5.41, 5.74) is 2.72. The molecule has 5 heteroatoms. The number of ether oxygens (including phenoxy) is 1. The highest BCUT2D eigenvalue weighted by Gasteiger charge is 2.33. The van der Waals surface area contributed by atoms with Gasteiger partial charge in [0.1, 0.15) is 0 Å². The van der Waals surface area contributed by atoms with Crippen LogP contribution in [0.15, 0.2) is 17.0 Å². The quantitative estimate of drug-likeness (QED) is 0.834. The van der Waals surface area contributed by atoms with E-state index in [1.807, 2.05) is 39.8 Å². The second kappa shape index (κ2) is 5.23. The van der Waals surface area contributed by atoms with Crippen LogP contribution in [0.25, 0.3) is 0 Å². The predicted octanol–water partition coefficient (Wildman–Crippen LogP) is 2.02. The molecule has 0 N–H and O–H groups in total. The van der Waals surface area contributed by atoms with Crippen molar-refractivity contribution in [3.05, 3.63) is 28.8 Å². The van der Waals surface area contributed by atoms with Gasteiger partial charge >= 0.3 is 0 Å². The van der Waals surface area contributed by atoms with Crippen molar-refractivity contribution in [3.63, 3.8) is 0 Å². The Labute approximate surface area is 115 Å². The van der Waals surface area contributed by atoms with Gasteiger partial charge in [-0.25, -0.2) is 8.42 Å². The summed E-state index contributed by atoms with van der Waals surface area (Å²) >= 11 is 0. The van der Waals surface area contributed by atoms with Crippen LogP contribution < -0.4 is 0 Å². The van der Waals surface area contributed by atoms with Crippen molar-refractivity contribution in [1.82, 2.24) is 4.31 Å². The minimum absolute atomic E-state index is 0.112. The normalized spacial score (nSPS) is 21.6. The summed E-state index contributed by atoms with van der Waals surface area (Å²) in [7, 11) is -3.44. The first-order chi connectivity index (χ1) is 8.84. The Morgan fingerprint density at radius 1 is 1.21 bits per heavy atom. The number of morpholine rings is 1. The van der Waals surface area contributed by atoms with Gasteiger partial charge in [-0.1, -0.05) is 17.7 Å². The van der Waals surface area contributed by atoms with Crippen LogP contribution >= 0.6 is 0 Å². The largest absolute Gasteiger partial charge is 0.378 e. The lowest BCUT2D eigenvalue weighted by Crippen LogP contribution is -2.47. The highest BCUT2D eigenvalue weighted by atomic mass is 32.2. The van der Waals surface area contributed by atoms with Gasteiger partial charge in [0.2, 0.25) is 10.0 Å². The Hall–Kier alpha value is -0.910. The Morgan fingerprint density at radius 2 is 1.79 bits per heavy atom. The van der Waals surface area contributed by atoms with Crippen LogP contribution in [-0.2, 0) is 14.8 Å². The van der Waals surface area contributed by atoms with E-state index < -0.39 is 10.0 Å². The molecule has 1 aliphatic rings. The molecule has 1 unspecified atom stereocenters. The van der Waals surface area contributed by atoms with Crippen LogP contribution in [0.4, 0.5) is 0 Å². The average Bonchev–Trinajstić information content (AvgIpc) is 2.27. The SMILES string of the molecule is Cc1cc(C)c(S(=O)(=O)N2CCOCC2C)c(C)c1. The highest BCUT2D eigenvalue weighted by molar-refractivity contribution is 7.89. The summed E-state index contributed by atoms with van der Waals surface area (Å²) in [5.74, 6) is 0. The average molecular weight is 283 g/mol. The van der Waals surface area contributed by atoms with Gasteiger partial charge in [-0.15, -0.1) is 0 Å². The van der Waals surface area contributed by atoms with Gasteiger partial charge in [-0.3, -0.25) is 0 Å². The fraction of sp³-hybridized carbons (Fsp3) is 0.571. The molecule has 1 heterocycles. The number of benzene rings is 1. The molecule has 0 radical (unpaired) electrons. The van der Waals surface area contributed by atoms with E-state index >= 15 is 0 Å². The molecule has 1 aromatic rings. The molecule has 1 aliphatic heterocycles. The Kier molecular flexibility index (Phi) is 3.99. The molecular weight excluding hydrogens is 262 g/mol. The lowest BCUT2D eigenvalue weighted by atomic mass is 10.1. The summed E-state index contributed by atoms with van der Waals surface area (Å²) in [6.45, 7) is 8.94. The molecule has 1 saturated heterocycles. The van der Waals surface area contributed by atoms with E-state index in [-0.39, 0.29) is 6.04 Å². The topological polar surface area (TPSA) is 46.6 Å². The summed E-state index contributed by atoms with van der Waals surface area (Å²) in [5, 5.41) is 0. The molecule has 0 bridgehead atoms. The van der Waals surface area contributed by atoms with Crippen molar-refractivity contribution < 1.29 is 13.2 Å². The van der Waals surface area contributed by atoms with Crippen LogP contribution in [-0.4, -0.2) is 38.5 Å². The van der Waals surface area contributed by atoms with Crippen LogP contribution in [0.5, 0.6) is 0 Å². The van der Waals surface area contributed by atoms with Gasteiger partial charge in [0, 0.05) is 12.6 Å². The molecule has 19 heavy (non-hydrogen) atoms. The van der Waals surface area contributed by atoms with Crippen molar-refractivity contribution >= 4 is 10.0 Å². The fourth-order valence-corrected chi connectivity index (χ4v) is 4.78. The van der Waals surface area contributed by atoms with Crippen LogP contribution in [0.3, 0.4) is 0 Å². The number of sulfonamides is 1. The minimum Gasteiger partial charge on any atom is -0.378 e. The summed E-state index contributed by atoms with van der Waals surface area (Å²) in [4.78, 5) is 0.451. The van der Waals surface area contributed by atoms with Gasteiger partial charge in [-0.2, -0.15) is 4.31 Å². The Balaban J connectivity index is 2.50. The fourth-order valence-electron chi connectivity index (χ4n) is 2.76. The number of aryl methyl sites for hydroxylation is 3. The Morgan fingerprint density at radius 3 is 2.32 bits per heavy atom. The first kappa shape index (κ1) is 14.5. The first-order valence-corrected chi connectivity index (χ1v) is 7.95. The monoisotopic (exact) mass is 283 g/mol. The van der Waals surface area contributed by atoms with Gasteiger partial charge < -0.3 is 4.74 Å². The van der Waals surface area contributed by atoms with Crippen molar-refractivity contribution in [1.29, 1.82) is 0 Å². The van der Waals surface area contributed by atoms with E-state index in [4.69, 9.17) is 4.74 Å². The molecule has 1 atom stereocenters. The summed E-state index contributed by atoms with van der Waals surface area (Å²) in [6, 6.07) is 3.73. The number of nitrogens with zero attached hydrogens (tertiary/aromatic N) is 1. The Bertz CT molecular complexity index is 557. The highest BCUT2D eigenvalue weighted by Crippen LogP contribution is 2.27. The van der Waals surface area contributed by atoms with E-state index in [9.17, 15) is 8.42 Å². The third-order valence-electron chi connectivity index (χ3n) is 3.48.